The molecule has 0 aliphatic carbocycles. The van der Waals surface area contributed by atoms with Crippen LogP contribution in [-0.4, -0.2) is 10.9 Å². The summed E-state index contributed by atoms with van der Waals surface area (Å²) in [7, 11) is 0. The molecule has 18 heavy (non-hydrogen) atoms. The molecule has 1 heterocycles. The summed E-state index contributed by atoms with van der Waals surface area (Å²) in [6.07, 6.45) is 2.92. The van der Waals surface area contributed by atoms with Gasteiger partial charge in [0, 0.05) is 33.8 Å². The summed E-state index contributed by atoms with van der Waals surface area (Å²) in [5.74, 6) is -0.362. The molecule has 6 heteroatoms. The molecule has 2 aromatic rings. The number of nitrogens with zero attached hydrogens (tertiary/aromatic N) is 1. The molecule has 0 aliphatic rings. The second-order valence-electron chi connectivity index (χ2n) is 3.58. The van der Waals surface area contributed by atoms with Gasteiger partial charge in [0.05, 0.1) is 5.56 Å². The largest absolute Gasteiger partial charge is 0.398 e. The monoisotopic (exact) mass is 281 g/mol. The number of nitrogen functional groups attached to an aromatic ring is 1. The lowest BCUT2D eigenvalue weighted by Gasteiger charge is -2.07. The van der Waals surface area contributed by atoms with Crippen LogP contribution in [0.2, 0.25) is 10.0 Å². The van der Waals surface area contributed by atoms with Crippen LogP contribution in [0.15, 0.2) is 36.7 Å². The Labute approximate surface area is 114 Å². The zero-order chi connectivity index (χ0) is 13.1. The highest BCUT2D eigenvalue weighted by Crippen LogP contribution is 2.23. The molecule has 0 spiro atoms. The van der Waals surface area contributed by atoms with E-state index >= 15 is 0 Å². The van der Waals surface area contributed by atoms with Crippen LogP contribution < -0.4 is 11.1 Å². The number of hydrogen-bond acceptors (Lipinski definition) is 3. The molecule has 1 aromatic carbocycles. The second-order valence-corrected chi connectivity index (χ2v) is 4.45. The van der Waals surface area contributed by atoms with Gasteiger partial charge in [0.1, 0.15) is 0 Å². The highest BCUT2D eigenvalue weighted by atomic mass is 35.5. The number of carbonyl (C=O) groups excluding carboxylic acids is 1. The highest BCUT2D eigenvalue weighted by Gasteiger charge is 2.10. The van der Waals surface area contributed by atoms with Crippen molar-refractivity contribution in [1.29, 1.82) is 0 Å². The summed E-state index contributed by atoms with van der Waals surface area (Å²) in [6, 6.07) is 6.33. The topological polar surface area (TPSA) is 68.0 Å². The van der Waals surface area contributed by atoms with E-state index in [1.54, 1.807) is 24.3 Å². The Morgan fingerprint density at radius 3 is 2.50 bits per heavy atom. The average Bonchev–Trinajstić information content (AvgIpc) is 2.27. The number of amides is 1. The number of anilines is 2. The fourth-order valence-electron chi connectivity index (χ4n) is 1.42. The van der Waals surface area contributed by atoms with Crippen molar-refractivity contribution in [3.8, 4) is 0 Å². The molecule has 92 valence electrons. The number of hydrogen-bond donors (Lipinski definition) is 2. The third-order valence-corrected chi connectivity index (χ3v) is 2.66. The van der Waals surface area contributed by atoms with Crippen LogP contribution in [0.1, 0.15) is 10.4 Å². The summed E-state index contributed by atoms with van der Waals surface area (Å²) in [5.41, 5.74) is 6.84. The number of benzene rings is 1. The van der Waals surface area contributed by atoms with Gasteiger partial charge in [-0.25, -0.2) is 0 Å². The minimum atomic E-state index is -0.362. The number of nitrogens with one attached hydrogen (secondary N) is 1. The molecule has 0 aliphatic heterocycles. The van der Waals surface area contributed by atoms with E-state index < -0.39 is 0 Å². The second kappa shape index (κ2) is 5.25. The smallest absolute Gasteiger partial charge is 0.259 e. The number of rotatable bonds is 2. The molecule has 1 aromatic heterocycles. The molecular formula is C12H9Cl2N3O. The molecule has 0 atom stereocenters. The zero-order valence-corrected chi connectivity index (χ0v) is 10.7. The van der Waals surface area contributed by atoms with E-state index in [-0.39, 0.29) is 5.91 Å². The average molecular weight is 282 g/mol. The van der Waals surface area contributed by atoms with Crippen LogP contribution in [0, 0.1) is 0 Å². The van der Waals surface area contributed by atoms with Crippen LogP contribution in [0.3, 0.4) is 0 Å². The molecule has 1 amide bonds. The number of pyridine rings is 1. The maximum absolute atomic E-state index is 11.9. The van der Waals surface area contributed by atoms with Gasteiger partial charge in [-0.2, -0.15) is 0 Å². The lowest BCUT2D eigenvalue weighted by molar-refractivity contribution is 0.102. The fraction of sp³-hybridized carbons (Fsp3) is 0. The van der Waals surface area contributed by atoms with Crippen molar-refractivity contribution in [2.75, 3.05) is 11.1 Å². The Hall–Kier alpha value is -1.78. The third-order valence-electron chi connectivity index (χ3n) is 2.22. The summed E-state index contributed by atoms with van der Waals surface area (Å²) < 4.78 is 0. The Balaban J connectivity index is 2.24. The van der Waals surface area contributed by atoms with E-state index in [1.807, 2.05) is 0 Å². The number of aromatic nitrogens is 1. The van der Waals surface area contributed by atoms with Gasteiger partial charge in [-0.3, -0.25) is 9.78 Å². The first kappa shape index (κ1) is 12.7. The predicted octanol–water partition coefficient (Wildman–Crippen LogP) is 3.22. The van der Waals surface area contributed by atoms with Crippen molar-refractivity contribution in [3.05, 3.63) is 52.3 Å². The predicted molar refractivity (Wildman–Crippen MR) is 73.1 cm³/mol. The van der Waals surface area contributed by atoms with Crippen LogP contribution in [-0.2, 0) is 0 Å². The van der Waals surface area contributed by atoms with Crippen molar-refractivity contribution >= 4 is 40.5 Å². The Bertz CT molecular complexity index is 581. The highest BCUT2D eigenvalue weighted by molar-refractivity contribution is 6.35. The first-order chi connectivity index (χ1) is 8.56. The Morgan fingerprint density at radius 2 is 1.89 bits per heavy atom. The third kappa shape index (κ3) is 2.91. The van der Waals surface area contributed by atoms with Gasteiger partial charge in [-0.05, 0) is 24.3 Å². The summed E-state index contributed by atoms with van der Waals surface area (Å²) in [5, 5.41) is 3.54. The van der Waals surface area contributed by atoms with Gasteiger partial charge in [0.15, 0.2) is 0 Å². The van der Waals surface area contributed by atoms with Gasteiger partial charge >= 0.3 is 0 Å². The molecule has 0 radical (unpaired) electrons. The van der Waals surface area contributed by atoms with Gasteiger partial charge < -0.3 is 11.1 Å². The van der Waals surface area contributed by atoms with E-state index in [0.717, 1.165) is 0 Å². The molecule has 0 bridgehead atoms. The zero-order valence-electron chi connectivity index (χ0n) is 9.15. The first-order valence-corrected chi connectivity index (χ1v) is 5.79. The lowest BCUT2D eigenvalue weighted by atomic mass is 10.2. The standard InChI is InChI=1S/C12H9Cl2N3O/c13-7-3-8(14)5-9(4-7)17-12(18)10-6-16-2-1-11(10)15/h1-6H,(H2,15,16)(H,17,18). The number of nitrogens with two attached hydrogens (primary N) is 1. The van der Waals surface area contributed by atoms with Crippen LogP contribution in [0.25, 0.3) is 0 Å². The van der Waals surface area contributed by atoms with Crippen molar-refractivity contribution in [2.24, 2.45) is 0 Å². The molecule has 3 N–H and O–H groups in total. The molecule has 2 rings (SSSR count). The fourth-order valence-corrected chi connectivity index (χ4v) is 1.95. The normalized spacial score (nSPS) is 10.1. The van der Waals surface area contributed by atoms with Crippen LogP contribution in [0.5, 0.6) is 0 Å². The van der Waals surface area contributed by atoms with Crippen molar-refractivity contribution in [1.82, 2.24) is 4.98 Å². The van der Waals surface area contributed by atoms with Crippen LogP contribution >= 0.6 is 23.2 Å². The maximum Gasteiger partial charge on any atom is 0.259 e. The van der Waals surface area contributed by atoms with Crippen LogP contribution in [0.4, 0.5) is 11.4 Å². The number of halogens is 2. The summed E-state index contributed by atoms with van der Waals surface area (Å²) >= 11 is 11.7. The first-order valence-electron chi connectivity index (χ1n) is 5.03. The molecule has 4 nitrogen and oxygen atoms in total. The SMILES string of the molecule is Nc1ccncc1C(=O)Nc1cc(Cl)cc(Cl)c1. The van der Waals surface area contributed by atoms with E-state index in [0.29, 0.717) is 27.0 Å². The minimum Gasteiger partial charge on any atom is -0.398 e. The quantitative estimate of drug-likeness (QED) is 0.888. The van der Waals surface area contributed by atoms with E-state index in [2.05, 4.69) is 10.3 Å². The van der Waals surface area contributed by atoms with Gasteiger partial charge in [0.25, 0.3) is 5.91 Å². The maximum atomic E-state index is 11.9. The lowest BCUT2D eigenvalue weighted by Crippen LogP contribution is -2.14. The molecule has 0 saturated carbocycles. The van der Waals surface area contributed by atoms with E-state index in [4.69, 9.17) is 28.9 Å². The summed E-state index contributed by atoms with van der Waals surface area (Å²) in [6.45, 7) is 0. The van der Waals surface area contributed by atoms with Gasteiger partial charge in [-0.15, -0.1) is 0 Å². The molecule has 0 unspecified atom stereocenters. The van der Waals surface area contributed by atoms with Crippen molar-refractivity contribution < 1.29 is 4.79 Å². The molecular weight excluding hydrogens is 273 g/mol. The Kier molecular flexibility index (Phi) is 3.69. The minimum absolute atomic E-state index is 0.300. The van der Waals surface area contributed by atoms with Crippen molar-refractivity contribution in [3.63, 3.8) is 0 Å². The van der Waals surface area contributed by atoms with Crippen molar-refractivity contribution in [2.45, 2.75) is 0 Å². The van der Waals surface area contributed by atoms with Gasteiger partial charge in [0.2, 0.25) is 0 Å². The van der Waals surface area contributed by atoms with Gasteiger partial charge in [-0.1, -0.05) is 23.2 Å². The number of carbonyl (C=O) groups is 1. The van der Waals surface area contributed by atoms with E-state index in [1.165, 1.54) is 12.4 Å². The Morgan fingerprint density at radius 1 is 1.22 bits per heavy atom. The molecule has 0 fully saturated rings. The molecule has 0 saturated heterocycles. The summed E-state index contributed by atoms with van der Waals surface area (Å²) in [4.78, 5) is 15.8. The van der Waals surface area contributed by atoms with E-state index in [9.17, 15) is 4.79 Å².